The summed E-state index contributed by atoms with van der Waals surface area (Å²) in [4.78, 5) is 15.4. The minimum atomic E-state index is -3.10. The van der Waals surface area contributed by atoms with Crippen molar-refractivity contribution >= 4 is 27.1 Å². The van der Waals surface area contributed by atoms with E-state index in [-0.39, 0.29) is 11.9 Å². The zero-order valence-corrected chi connectivity index (χ0v) is 15.0. The average Bonchev–Trinajstić information content (AvgIpc) is 2.98. The van der Waals surface area contributed by atoms with Gasteiger partial charge in [0, 0.05) is 30.6 Å². The molecule has 0 radical (unpaired) electrons. The van der Waals surface area contributed by atoms with Gasteiger partial charge in [-0.3, -0.25) is 4.79 Å². The van der Waals surface area contributed by atoms with Crippen molar-refractivity contribution in [2.75, 3.05) is 13.3 Å². The van der Waals surface area contributed by atoms with Gasteiger partial charge in [0.25, 0.3) is 0 Å². The van der Waals surface area contributed by atoms with Crippen LogP contribution in [0.5, 0.6) is 0 Å². The molecule has 22 heavy (non-hydrogen) atoms. The Labute approximate surface area is 137 Å². The second kappa shape index (κ2) is 7.59. The van der Waals surface area contributed by atoms with Crippen LogP contribution in [0.2, 0.25) is 0 Å². The molecule has 2 unspecified atom stereocenters. The van der Waals surface area contributed by atoms with Crippen LogP contribution >= 0.6 is 11.3 Å². The van der Waals surface area contributed by atoms with Crippen LogP contribution in [0.4, 0.5) is 0 Å². The monoisotopic (exact) mass is 343 g/mol. The van der Waals surface area contributed by atoms with Crippen LogP contribution in [0.25, 0.3) is 0 Å². The number of rotatable bonds is 6. The highest BCUT2D eigenvalue weighted by Crippen LogP contribution is 2.28. The van der Waals surface area contributed by atoms with Gasteiger partial charge in [0.05, 0.1) is 5.25 Å². The zero-order chi connectivity index (χ0) is 16.2. The van der Waals surface area contributed by atoms with E-state index in [1.807, 2.05) is 11.4 Å². The fraction of sp³-hybridized carbons (Fsp3) is 0.688. The van der Waals surface area contributed by atoms with E-state index in [9.17, 15) is 13.2 Å². The molecule has 1 aromatic rings. The number of aryl methyl sites for hydroxylation is 1. The Kier molecular flexibility index (Phi) is 6.03. The lowest BCUT2D eigenvalue weighted by atomic mass is 9.93. The van der Waals surface area contributed by atoms with Crippen molar-refractivity contribution in [3.63, 3.8) is 0 Å². The molecule has 1 aliphatic rings. The lowest BCUT2D eigenvalue weighted by Gasteiger charge is -2.37. The van der Waals surface area contributed by atoms with Crippen LogP contribution in [0.15, 0.2) is 17.5 Å². The molecule has 2 atom stereocenters. The van der Waals surface area contributed by atoms with Crippen LogP contribution in [0.1, 0.15) is 43.4 Å². The van der Waals surface area contributed by atoms with Crippen LogP contribution in [0.3, 0.4) is 0 Å². The number of hydrogen-bond donors (Lipinski definition) is 0. The molecule has 4 nitrogen and oxygen atoms in total. The van der Waals surface area contributed by atoms with E-state index in [1.54, 1.807) is 23.3 Å². The number of carbonyl (C=O) groups is 1. The van der Waals surface area contributed by atoms with E-state index >= 15 is 0 Å². The van der Waals surface area contributed by atoms with Crippen molar-refractivity contribution in [1.82, 2.24) is 4.90 Å². The van der Waals surface area contributed by atoms with Gasteiger partial charge in [0.15, 0.2) is 9.84 Å². The van der Waals surface area contributed by atoms with Crippen molar-refractivity contribution in [2.24, 2.45) is 0 Å². The van der Waals surface area contributed by atoms with Gasteiger partial charge < -0.3 is 4.90 Å². The smallest absolute Gasteiger partial charge is 0.222 e. The number of nitrogens with zero attached hydrogens (tertiary/aromatic N) is 1. The van der Waals surface area contributed by atoms with Gasteiger partial charge in [-0.05, 0) is 37.1 Å². The Balaban J connectivity index is 1.90. The Morgan fingerprint density at radius 3 is 2.73 bits per heavy atom. The summed E-state index contributed by atoms with van der Waals surface area (Å²) >= 11 is 1.71. The minimum Gasteiger partial charge on any atom is -0.341 e. The molecule has 0 saturated heterocycles. The van der Waals surface area contributed by atoms with Gasteiger partial charge in [-0.15, -0.1) is 11.3 Å². The van der Waals surface area contributed by atoms with Crippen molar-refractivity contribution in [1.29, 1.82) is 0 Å². The Hall–Kier alpha value is -0.880. The zero-order valence-electron chi connectivity index (χ0n) is 13.3. The third kappa shape index (κ3) is 4.56. The summed E-state index contributed by atoms with van der Waals surface area (Å²) in [7, 11) is -1.34. The van der Waals surface area contributed by atoms with E-state index in [0.717, 1.165) is 32.1 Å². The van der Waals surface area contributed by atoms with Gasteiger partial charge in [0.2, 0.25) is 5.91 Å². The van der Waals surface area contributed by atoms with E-state index in [0.29, 0.717) is 12.8 Å². The average molecular weight is 344 g/mol. The summed E-state index contributed by atoms with van der Waals surface area (Å²) in [6.45, 7) is 0. The molecule has 1 saturated carbocycles. The Morgan fingerprint density at radius 2 is 2.09 bits per heavy atom. The molecule has 0 spiro atoms. The largest absolute Gasteiger partial charge is 0.341 e. The molecule has 1 fully saturated rings. The highest BCUT2D eigenvalue weighted by Gasteiger charge is 2.36. The standard InChI is InChI=1S/C16H25NO3S2/c1-17(14-9-3-4-10-15(14)22(2,19)20)16(18)11-5-7-13-8-6-12-21-13/h6,8,12,14-15H,3-5,7,9-11H2,1-2H3. The fourth-order valence-corrected chi connectivity index (χ4v) is 5.49. The summed E-state index contributed by atoms with van der Waals surface area (Å²) in [5.74, 6) is 0.0668. The predicted octanol–water partition coefficient (Wildman–Crippen LogP) is 2.89. The third-order valence-electron chi connectivity index (χ3n) is 4.50. The molecular weight excluding hydrogens is 318 g/mol. The molecule has 124 valence electrons. The van der Waals surface area contributed by atoms with E-state index < -0.39 is 15.1 Å². The number of carbonyl (C=O) groups excluding carboxylic acids is 1. The molecule has 0 N–H and O–H groups in total. The lowest BCUT2D eigenvalue weighted by Crippen LogP contribution is -2.49. The number of amides is 1. The highest BCUT2D eigenvalue weighted by molar-refractivity contribution is 7.91. The van der Waals surface area contributed by atoms with Crippen molar-refractivity contribution in [3.8, 4) is 0 Å². The van der Waals surface area contributed by atoms with Gasteiger partial charge >= 0.3 is 0 Å². The van der Waals surface area contributed by atoms with Gasteiger partial charge in [-0.1, -0.05) is 18.9 Å². The lowest BCUT2D eigenvalue weighted by molar-refractivity contribution is -0.132. The first-order chi connectivity index (χ1) is 10.4. The quantitative estimate of drug-likeness (QED) is 0.798. The Bertz CT molecular complexity index is 581. The number of thiophene rings is 1. The maximum absolute atomic E-state index is 12.4. The molecule has 2 rings (SSSR count). The first-order valence-corrected chi connectivity index (χ1v) is 10.7. The van der Waals surface area contributed by atoms with Crippen molar-refractivity contribution in [3.05, 3.63) is 22.4 Å². The number of hydrogen-bond acceptors (Lipinski definition) is 4. The van der Waals surface area contributed by atoms with Crippen LogP contribution < -0.4 is 0 Å². The normalized spacial score (nSPS) is 22.5. The second-order valence-electron chi connectivity index (χ2n) is 6.16. The van der Waals surface area contributed by atoms with Crippen molar-refractivity contribution < 1.29 is 13.2 Å². The third-order valence-corrected chi connectivity index (χ3v) is 7.09. The van der Waals surface area contributed by atoms with E-state index in [2.05, 4.69) is 6.07 Å². The summed E-state index contributed by atoms with van der Waals surface area (Å²) in [6, 6.07) is 3.95. The molecule has 1 amide bonds. The summed E-state index contributed by atoms with van der Waals surface area (Å²) in [5, 5.41) is 1.65. The SMILES string of the molecule is CN(C(=O)CCCc1cccs1)C1CCCCC1S(C)(=O)=O. The molecule has 0 aliphatic heterocycles. The molecule has 0 bridgehead atoms. The first-order valence-electron chi connectivity index (χ1n) is 7.86. The van der Waals surface area contributed by atoms with E-state index in [4.69, 9.17) is 0 Å². The Morgan fingerprint density at radius 1 is 1.36 bits per heavy atom. The molecule has 1 aromatic heterocycles. The maximum Gasteiger partial charge on any atom is 0.222 e. The molecule has 6 heteroatoms. The second-order valence-corrected chi connectivity index (χ2v) is 9.45. The summed E-state index contributed by atoms with van der Waals surface area (Å²) < 4.78 is 23.9. The van der Waals surface area contributed by atoms with Crippen molar-refractivity contribution in [2.45, 2.75) is 56.2 Å². The summed E-state index contributed by atoms with van der Waals surface area (Å²) in [6.07, 6.45) is 6.93. The molecule has 1 aliphatic carbocycles. The topological polar surface area (TPSA) is 54.5 Å². The molecule has 0 aromatic carbocycles. The maximum atomic E-state index is 12.4. The van der Waals surface area contributed by atoms with E-state index in [1.165, 1.54) is 11.1 Å². The molecular formula is C16H25NO3S2. The predicted molar refractivity (Wildman–Crippen MR) is 90.9 cm³/mol. The summed E-state index contributed by atoms with van der Waals surface area (Å²) in [5.41, 5.74) is 0. The van der Waals surface area contributed by atoms with Crippen LogP contribution in [0, 0.1) is 0 Å². The molecule has 1 heterocycles. The van der Waals surface area contributed by atoms with Gasteiger partial charge in [-0.2, -0.15) is 0 Å². The first kappa shape index (κ1) is 17.5. The van der Waals surface area contributed by atoms with Crippen LogP contribution in [-0.2, 0) is 21.1 Å². The van der Waals surface area contributed by atoms with Gasteiger partial charge in [0.1, 0.15) is 0 Å². The van der Waals surface area contributed by atoms with Gasteiger partial charge in [-0.25, -0.2) is 8.42 Å². The fourth-order valence-electron chi connectivity index (χ4n) is 3.25. The minimum absolute atomic E-state index is 0.0668. The van der Waals surface area contributed by atoms with Crippen LogP contribution in [-0.4, -0.2) is 43.8 Å². The highest BCUT2D eigenvalue weighted by atomic mass is 32.2. The number of sulfone groups is 1.